The number of thiazole rings is 1. The zero-order valence-electron chi connectivity index (χ0n) is 9.09. The first-order valence-corrected chi connectivity index (χ1v) is 6.00. The molecule has 0 aliphatic carbocycles. The predicted molar refractivity (Wildman–Crippen MR) is 65.5 cm³/mol. The monoisotopic (exact) mass is 234 g/mol. The minimum absolute atomic E-state index is 0.0630. The minimum atomic E-state index is 0.0630. The number of ether oxygens (including phenoxy) is 1. The van der Waals surface area contributed by atoms with Crippen LogP contribution in [0.3, 0.4) is 0 Å². The van der Waals surface area contributed by atoms with E-state index in [-0.39, 0.29) is 6.04 Å². The van der Waals surface area contributed by atoms with Gasteiger partial charge >= 0.3 is 0 Å². The molecule has 0 amide bonds. The summed E-state index contributed by atoms with van der Waals surface area (Å²) in [6.07, 6.45) is 1.78. The number of hydrogen-bond donors (Lipinski definition) is 1. The van der Waals surface area contributed by atoms with Crippen molar-refractivity contribution in [2.75, 3.05) is 0 Å². The zero-order chi connectivity index (χ0) is 11.4. The molecule has 0 aliphatic rings. The molecule has 2 rings (SSSR count). The first-order valence-electron chi connectivity index (χ1n) is 5.12. The highest BCUT2D eigenvalue weighted by atomic mass is 32.1. The third kappa shape index (κ3) is 2.81. The van der Waals surface area contributed by atoms with E-state index in [9.17, 15) is 0 Å². The van der Waals surface area contributed by atoms with E-state index >= 15 is 0 Å². The maximum absolute atomic E-state index is 5.77. The molecule has 2 aromatic rings. The van der Waals surface area contributed by atoms with Gasteiger partial charge in [-0.15, -0.1) is 11.3 Å². The SMILES string of the molecule is C[C@@H](N)c1ccc(OCc2nccs2)cc1. The Morgan fingerprint density at radius 2 is 2.12 bits per heavy atom. The Hall–Kier alpha value is -1.39. The number of aromatic nitrogens is 1. The maximum Gasteiger partial charge on any atom is 0.140 e. The number of nitrogens with zero attached hydrogens (tertiary/aromatic N) is 1. The van der Waals surface area contributed by atoms with E-state index in [0.29, 0.717) is 6.61 Å². The van der Waals surface area contributed by atoms with Gasteiger partial charge in [-0.3, -0.25) is 0 Å². The summed E-state index contributed by atoms with van der Waals surface area (Å²) in [7, 11) is 0. The highest BCUT2D eigenvalue weighted by Gasteiger charge is 2.00. The fourth-order valence-corrected chi connectivity index (χ4v) is 1.86. The van der Waals surface area contributed by atoms with E-state index in [1.165, 1.54) is 0 Å². The van der Waals surface area contributed by atoms with Crippen LogP contribution < -0.4 is 10.5 Å². The topological polar surface area (TPSA) is 48.1 Å². The lowest BCUT2D eigenvalue weighted by molar-refractivity contribution is 0.305. The summed E-state index contributed by atoms with van der Waals surface area (Å²) >= 11 is 1.59. The lowest BCUT2D eigenvalue weighted by atomic mass is 10.1. The molecule has 0 aliphatic heterocycles. The molecule has 0 unspecified atom stereocenters. The zero-order valence-corrected chi connectivity index (χ0v) is 9.91. The predicted octanol–water partition coefficient (Wildman–Crippen LogP) is 2.74. The molecule has 0 bridgehead atoms. The smallest absolute Gasteiger partial charge is 0.140 e. The maximum atomic E-state index is 5.77. The fourth-order valence-electron chi connectivity index (χ4n) is 1.34. The molecule has 0 saturated heterocycles. The Morgan fingerprint density at radius 3 is 2.69 bits per heavy atom. The van der Waals surface area contributed by atoms with Crippen LogP contribution in [0.1, 0.15) is 23.5 Å². The lowest BCUT2D eigenvalue weighted by Gasteiger charge is -2.07. The van der Waals surface area contributed by atoms with Crippen LogP contribution in [-0.2, 0) is 6.61 Å². The molecule has 16 heavy (non-hydrogen) atoms. The Morgan fingerprint density at radius 1 is 1.38 bits per heavy atom. The van der Waals surface area contributed by atoms with Gasteiger partial charge in [0.25, 0.3) is 0 Å². The van der Waals surface area contributed by atoms with Gasteiger partial charge in [0.15, 0.2) is 0 Å². The number of benzene rings is 1. The van der Waals surface area contributed by atoms with Gasteiger partial charge < -0.3 is 10.5 Å². The van der Waals surface area contributed by atoms with Crippen LogP contribution in [0, 0.1) is 0 Å². The molecular weight excluding hydrogens is 220 g/mol. The van der Waals surface area contributed by atoms with Crippen molar-refractivity contribution >= 4 is 11.3 Å². The second-order valence-corrected chi connectivity index (χ2v) is 4.55. The van der Waals surface area contributed by atoms with Crippen molar-refractivity contribution in [2.24, 2.45) is 5.73 Å². The minimum Gasteiger partial charge on any atom is -0.486 e. The third-order valence-electron chi connectivity index (χ3n) is 2.25. The Bertz CT molecular complexity index is 423. The van der Waals surface area contributed by atoms with E-state index in [1.54, 1.807) is 17.5 Å². The van der Waals surface area contributed by atoms with Gasteiger partial charge in [-0.25, -0.2) is 4.98 Å². The Labute approximate surface area is 98.9 Å². The Balaban J connectivity index is 1.95. The van der Waals surface area contributed by atoms with Crippen molar-refractivity contribution in [1.82, 2.24) is 4.98 Å². The molecule has 0 spiro atoms. The van der Waals surface area contributed by atoms with Crippen LogP contribution in [0.2, 0.25) is 0 Å². The first kappa shape index (κ1) is 11.1. The number of rotatable bonds is 4. The average molecular weight is 234 g/mol. The molecule has 1 atom stereocenters. The quantitative estimate of drug-likeness (QED) is 0.884. The largest absolute Gasteiger partial charge is 0.486 e. The van der Waals surface area contributed by atoms with Crippen LogP contribution in [-0.4, -0.2) is 4.98 Å². The summed E-state index contributed by atoms with van der Waals surface area (Å²) in [4.78, 5) is 4.15. The Kier molecular flexibility index (Phi) is 3.54. The number of hydrogen-bond acceptors (Lipinski definition) is 4. The van der Waals surface area contributed by atoms with Crippen molar-refractivity contribution in [2.45, 2.75) is 19.6 Å². The van der Waals surface area contributed by atoms with Gasteiger partial charge in [-0.1, -0.05) is 12.1 Å². The van der Waals surface area contributed by atoms with Crippen LogP contribution in [0.15, 0.2) is 35.8 Å². The van der Waals surface area contributed by atoms with Crippen LogP contribution in [0.5, 0.6) is 5.75 Å². The molecular formula is C12H14N2OS. The fraction of sp³-hybridized carbons (Fsp3) is 0.250. The van der Waals surface area contributed by atoms with Gasteiger partial charge in [0.1, 0.15) is 17.4 Å². The molecule has 1 heterocycles. The molecule has 4 heteroatoms. The lowest BCUT2D eigenvalue weighted by Crippen LogP contribution is -2.04. The van der Waals surface area contributed by atoms with E-state index in [1.807, 2.05) is 36.6 Å². The standard InChI is InChI=1S/C12H14N2OS/c1-9(13)10-2-4-11(5-3-10)15-8-12-14-6-7-16-12/h2-7,9H,8,13H2,1H3/t9-/m1/s1. The highest BCUT2D eigenvalue weighted by Crippen LogP contribution is 2.17. The molecule has 84 valence electrons. The van der Waals surface area contributed by atoms with Crippen LogP contribution in [0.25, 0.3) is 0 Å². The van der Waals surface area contributed by atoms with Crippen molar-refractivity contribution in [3.63, 3.8) is 0 Å². The molecule has 1 aromatic heterocycles. The average Bonchev–Trinajstić information content (AvgIpc) is 2.80. The molecule has 0 fully saturated rings. The summed E-state index contributed by atoms with van der Waals surface area (Å²) < 4.78 is 5.59. The molecule has 3 nitrogen and oxygen atoms in total. The summed E-state index contributed by atoms with van der Waals surface area (Å²) in [6.45, 7) is 2.49. The molecule has 0 radical (unpaired) electrons. The van der Waals surface area contributed by atoms with E-state index in [2.05, 4.69) is 4.98 Å². The third-order valence-corrected chi connectivity index (χ3v) is 3.00. The normalized spacial score (nSPS) is 12.4. The van der Waals surface area contributed by atoms with Gasteiger partial charge in [0.2, 0.25) is 0 Å². The van der Waals surface area contributed by atoms with Gasteiger partial charge in [0.05, 0.1) is 0 Å². The second-order valence-electron chi connectivity index (χ2n) is 3.57. The number of nitrogens with two attached hydrogens (primary N) is 1. The summed E-state index contributed by atoms with van der Waals surface area (Å²) in [6, 6.07) is 7.91. The summed E-state index contributed by atoms with van der Waals surface area (Å²) in [5.74, 6) is 0.847. The molecule has 2 N–H and O–H groups in total. The van der Waals surface area contributed by atoms with E-state index in [4.69, 9.17) is 10.5 Å². The second kappa shape index (κ2) is 5.09. The highest BCUT2D eigenvalue weighted by molar-refractivity contribution is 7.09. The van der Waals surface area contributed by atoms with E-state index < -0.39 is 0 Å². The first-order chi connectivity index (χ1) is 7.75. The van der Waals surface area contributed by atoms with Crippen molar-refractivity contribution in [1.29, 1.82) is 0 Å². The summed E-state index contributed by atoms with van der Waals surface area (Å²) in [5.41, 5.74) is 6.88. The van der Waals surface area contributed by atoms with Crippen LogP contribution in [0.4, 0.5) is 0 Å². The summed E-state index contributed by atoms with van der Waals surface area (Å²) in [5, 5.41) is 2.93. The van der Waals surface area contributed by atoms with Crippen molar-refractivity contribution in [3.8, 4) is 5.75 Å². The van der Waals surface area contributed by atoms with Crippen LogP contribution >= 0.6 is 11.3 Å². The van der Waals surface area contributed by atoms with Gasteiger partial charge in [-0.2, -0.15) is 0 Å². The van der Waals surface area contributed by atoms with Gasteiger partial charge in [0, 0.05) is 17.6 Å². The van der Waals surface area contributed by atoms with Crippen molar-refractivity contribution < 1.29 is 4.74 Å². The van der Waals surface area contributed by atoms with Crippen molar-refractivity contribution in [3.05, 3.63) is 46.4 Å². The van der Waals surface area contributed by atoms with Gasteiger partial charge in [-0.05, 0) is 24.6 Å². The molecule has 0 saturated carbocycles. The molecule has 1 aromatic carbocycles. The van der Waals surface area contributed by atoms with E-state index in [0.717, 1.165) is 16.3 Å².